The Hall–Kier alpha value is -1.61. The molecule has 2 aromatic carbocycles. The molecule has 23 heavy (non-hydrogen) atoms. The number of hydrogen-bond donors (Lipinski definition) is 0. The van der Waals surface area contributed by atoms with Gasteiger partial charge in [-0.2, -0.15) is 8.42 Å². The lowest BCUT2D eigenvalue weighted by Gasteiger charge is -2.15. The summed E-state index contributed by atoms with van der Waals surface area (Å²) in [6.07, 6.45) is 0.729. The van der Waals surface area contributed by atoms with Crippen LogP contribution in [0.25, 0.3) is 0 Å². The molecule has 0 unspecified atom stereocenters. The summed E-state index contributed by atoms with van der Waals surface area (Å²) in [4.78, 5) is 13.3. The van der Waals surface area contributed by atoms with Crippen molar-refractivity contribution in [1.29, 1.82) is 0 Å². The Labute approximate surface area is 148 Å². The van der Waals surface area contributed by atoms with Crippen LogP contribution in [0, 0.1) is 3.57 Å². The van der Waals surface area contributed by atoms with E-state index in [2.05, 4.69) is 22.6 Å². The van der Waals surface area contributed by atoms with Crippen LogP contribution in [0.5, 0.6) is 5.75 Å². The smallest absolute Gasteiger partial charge is 0.339 e. The number of carbonyl (C=O) groups excluding carboxylic acids is 1. The van der Waals surface area contributed by atoms with E-state index in [0.717, 1.165) is 15.6 Å². The maximum Gasteiger partial charge on any atom is 0.339 e. The van der Waals surface area contributed by atoms with Crippen molar-refractivity contribution in [2.45, 2.75) is 18.2 Å². The monoisotopic (exact) mass is 443 g/mol. The first-order valence-corrected chi connectivity index (χ1v) is 9.46. The predicted octanol–water partition coefficient (Wildman–Crippen LogP) is 2.97. The van der Waals surface area contributed by atoms with Crippen molar-refractivity contribution in [3.05, 3.63) is 51.6 Å². The van der Waals surface area contributed by atoms with E-state index in [4.69, 9.17) is 4.18 Å². The minimum atomic E-state index is -3.94. The van der Waals surface area contributed by atoms with Gasteiger partial charge in [0.25, 0.3) is 0 Å². The molecule has 0 radical (unpaired) electrons. The minimum absolute atomic E-state index is 0.0447. The highest BCUT2D eigenvalue weighted by Gasteiger charge is 2.26. The van der Waals surface area contributed by atoms with Crippen molar-refractivity contribution < 1.29 is 17.4 Å². The van der Waals surface area contributed by atoms with Gasteiger partial charge >= 0.3 is 10.1 Å². The predicted molar refractivity (Wildman–Crippen MR) is 95.1 cm³/mol. The standard InChI is InChI=1S/C16H14INO4S/c1-11(19)18-8-7-12-5-6-15(10-16(12)18)23(20,21)22-14-4-2-3-13(17)9-14/h2-6,9-10H,7-8H2,1H3. The summed E-state index contributed by atoms with van der Waals surface area (Å²) >= 11 is 2.09. The van der Waals surface area contributed by atoms with Crippen LogP contribution in [0.1, 0.15) is 12.5 Å². The molecule has 1 aliphatic heterocycles. The zero-order valence-electron chi connectivity index (χ0n) is 12.3. The summed E-state index contributed by atoms with van der Waals surface area (Å²) < 4.78 is 31.0. The third kappa shape index (κ3) is 3.35. The second kappa shape index (κ2) is 6.12. The number of benzene rings is 2. The van der Waals surface area contributed by atoms with Crippen LogP contribution in [-0.2, 0) is 21.3 Å². The molecule has 1 amide bonds. The summed E-state index contributed by atoms with van der Waals surface area (Å²) in [5.41, 5.74) is 1.61. The first-order valence-electron chi connectivity index (χ1n) is 6.98. The maximum atomic E-state index is 12.5. The SMILES string of the molecule is CC(=O)N1CCc2ccc(S(=O)(=O)Oc3cccc(I)c3)cc21. The van der Waals surface area contributed by atoms with Crippen LogP contribution in [0.15, 0.2) is 47.4 Å². The topological polar surface area (TPSA) is 63.7 Å². The third-order valence-electron chi connectivity index (χ3n) is 3.62. The van der Waals surface area contributed by atoms with Crippen LogP contribution >= 0.6 is 22.6 Å². The van der Waals surface area contributed by atoms with Gasteiger partial charge in [0.1, 0.15) is 10.6 Å². The van der Waals surface area contributed by atoms with Gasteiger partial charge in [0, 0.05) is 22.7 Å². The molecule has 0 saturated heterocycles. The molecule has 0 aliphatic carbocycles. The molecule has 7 heteroatoms. The molecule has 2 aromatic rings. The van der Waals surface area contributed by atoms with Gasteiger partial charge in [0.05, 0.1) is 0 Å². The van der Waals surface area contributed by atoms with Crippen LogP contribution in [0.4, 0.5) is 5.69 Å². The zero-order valence-corrected chi connectivity index (χ0v) is 15.3. The Morgan fingerprint density at radius 2 is 2.00 bits per heavy atom. The normalized spacial score (nSPS) is 13.7. The quantitative estimate of drug-likeness (QED) is 0.541. The minimum Gasteiger partial charge on any atom is -0.379 e. The summed E-state index contributed by atoms with van der Waals surface area (Å²) in [5.74, 6) is 0.164. The highest BCUT2D eigenvalue weighted by Crippen LogP contribution is 2.31. The van der Waals surface area contributed by atoms with Gasteiger partial charge in [-0.25, -0.2) is 0 Å². The van der Waals surface area contributed by atoms with Gasteiger partial charge in [-0.3, -0.25) is 4.79 Å². The number of hydrogen-bond acceptors (Lipinski definition) is 4. The average molecular weight is 443 g/mol. The number of halogens is 1. The van der Waals surface area contributed by atoms with Gasteiger partial charge < -0.3 is 9.08 Å². The second-order valence-corrected chi connectivity index (χ2v) is 8.00. The molecule has 0 saturated carbocycles. The molecule has 0 fully saturated rings. The lowest BCUT2D eigenvalue weighted by atomic mass is 10.2. The fourth-order valence-electron chi connectivity index (χ4n) is 2.54. The number of rotatable bonds is 3. The van der Waals surface area contributed by atoms with Crippen molar-refractivity contribution in [3.63, 3.8) is 0 Å². The Balaban J connectivity index is 1.95. The fourth-order valence-corrected chi connectivity index (χ4v) is 3.99. The van der Waals surface area contributed by atoms with Gasteiger partial charge in [-0.1, -0.05) is 12.1 Å². The Kier molecular flexibility index (Phi) is 4.33. The van der Waals surface area contributed by atoms with Crippen LogP contribution in [0.2, 0.25) is 0 Å². The van der Waals surface area contributed by atoms with Crippen molar-refractivity contribution in [2.24, 2.45) is 0 Å². The van der Waals surface area contributed by atoms with E-state index < -0.39 is 10.1 Å². The third-order valence-corrected chi connectivity index (χ3v) is 5.54. The fraction of sp³-hybridized carbons (Fsp3) is 0.188. The van der Waals surface area contributed by atoms with E-state index in [0.29, 0.717) is 12.2 Å². The number of anilines is 1. The van der Waals surface area contributed by atoms with E-state index in [1.54, 1.807) is 29.2 Å². The van der Waals surface area contributed by atoms with Crippen molar-refractivity contribution in [3.8, 4) is 5.75 Å². The van der Waals surface area contributed by atoms with Gasteiger partial charge in [-0.15, -0.1) is 0 Å². The number of carbonyl (C=O) groups is 1. The Morgan fingerprint density at radius 1 is 1.22 bits per heavy atom. The van der Waals surface area contributed by atoms with E-state index in [1.165, 1.54) is 19.1 Å². The zero-order chi connectivity index (χ0) is 16.6. The average Bonchev–Trinajstić information content (AvgIpc) is 2.89. The molecular weight excluding hydrogens is 429 g/mol. The molecule has 0 aromatic heterocycles. The summed E-state index contributed by atoms with van der Waals surface area (Å²) in [7, 11) is -3.94. The molecule has 120 valence electrons. The van der Waals surface area contributed by atoms with E-state index >= 15 is 0 Å². The molecule has 3 rings (SSSR count). The molecule has 0 spiro atoms. The summed E-state index contributed by atoms with van der Waals surface area (Å²) in [6.45, 7) is 2.05. The van der Waals surface area contributed by atoms with Crippen LogP contribution < -0.4 is 9.08 Å². The first kappa shape index (κ1) is 16.3. The highest BCUT2D eigenvalue weighted by atomic mass is 127. The molecular formula is C16H14INO4S. The number of nitrogens with zero attached hydrogens (tertiary/aromatic N) is 1. The molecule has 5 nitrogen and oxygen atoms in total. The molecule has 0 N–H and O–H groups in total. The van der Waals surface area contributed by atoms with Gasteiger partial charge in [0.15, 0.2) is 0 Å². The lowest BCUT2D eigenvalue weighted by Crippen LogP contribution is -2.26. The van der Waals surface area contributed by atoms with E-state index in [1.807, 2.05) is 6.07 Å². The van der Waals surface area contributed by atoms with Crippen LogP contribution in [0.3, 0.4) is 0 Å². The highest BCUT2D eigenvalue weighted by molar-refractivity contribution is 14.1. The van der Waals surface area contributed by atoms with Crippen LogP contribution in [-0.4, -0.2) is 20.9 Å². The van der Waals surface area contributed by atoms with Crippen molar-refractivity contribution in [1.82, 2.24) is 0 Å². The summed E-state index contributed by atoms with van der Waals surface area (Å²) in [6, 6.07) is 11.6. The molecule has 0 atom stereocenters. The molecule has 1 heterocycles. The lowest BCUT2D eigenvalue weighted by molar-refractivity contribution is -0.116. The summed E-state index contributed by atoms with van der Waals surface area (Å²) in [5, 5.41) is 0. The largest absolute Gasteiger partial charge is 0.379 e. The van der Waals surface area contributed by atoms with E-state index in [9.17, 15) is 13.2 Å². The maximum absolute atomic E-state index is 12.5. The Bertz CT molecular complexity index is 879. The number of fused-ring (bicyclic) bond motifs is 1. The molecule has 0 bridgehead atoms. The van der Waals surface area contributed by atoms with Crippen molar-refractivity contribution >= 4 is 44.3 Å². The van der Waals surface area contributed by atoms with Gasteiger partial charge in [-0.05, 0) is 64.9 Å². The first-order chi connectivity index (χ1) is 10.9. The second-order valence-electron chi connectivity index (χ2n) is 5.21. The van der Waals surface area contributed by atoms with Gasteiger partial charge in [0.2, 0.25) is 5.91 Å². The van der Waals surface area contributed by atoms with E-state index in [-0.39, 0.29) is 16.6 Å². The molecule has 1 aliphatic rings. The number of amides is 1. The Morgan fingerprint density at radius 3 is 2.70 bits per heavy atom. The van der Waals surface area contributed by atoms with Crippen molar-refractivity contribution in [2.75, 3.05) is 11.4 Å².